The largest absolute Gasteiger partial charge is 0.492 e. The Morgan fingerprint density at radius 1 is 1.38 bits per heavy atom. The Labute approximate surface area is 133 Å². The molecular weight excluding hydrogens is 356 g/mol. The van der Waals surface area contributed by atoms with E-state index in [1.807, 2.05) is 6.07 Å². The van der Waals surface area contributed by atoms with E-state index < -0.39 is 10.0 Å². The molecule has 1 aromatic carbocycles. The van der Waals surface area contributed by atoms with Gasteiger partial charge in [0.25, 0.3) is 0 Å². The highest BCUT2D eigenvalue weighted by Crippen LogP contribution is 2.36. The van der Waals surface area contributed by atoms with Crippen LogP contribution in [0.2, 0.25) is 0 Å². The first-order valence-corrected chi connectivity index (χ1v) is 9.46. The van der Waals surface area contributed by atoms with E-state index >= 15 is 0 Å². The van der Waals surface area contributed by atoms with Crippen LogP contribution < -0.4 is 15.2 Å². The summed E-state index contributed by atoms with van der Waals surface area (Å²) in [5.41, 5.74) is 6.67. The minimum absolute atomic E-state index is 0.0731. The van der Waals surface area contributed by atoms with E-state index in [4.69, 9.17) is 10.5 Å². The standard InChI is InChI=1S/C14H19BrN2O3S/c15-11-6-9-4-5-20-14(9)13(7-11)21(18,19)17-12-3-1-2-10(12)8-16/h6-7,10,12,17H,1-5,8,16H2. The first kappa shape index (κ1) is 15.3. The molecule has 0 spiro atoms. The van der Waals surface area contributed by atoms with Crippen molar-refractivity contribution in [1.29, 1.82) is 0 Å². The van der Waals surface area contributed by atoms with Crippen LogP contribution in [0.25, 0.3) is 0 Å². The summed E-state index contributed by atoms with van der Waals surface area (Å²) in [4.78, 5) is 0.229. The van der Waals surface area contributed by atoms with Crippen LogP contribution in [0.4, 0.5) is 0 Å². The molecule has 1 aliphatic heterocycles. The summed E-state index contributed by atoms with van der Waals surface area (Å²) in [5.74, 6) is 0.717. The maximum Gasteiger partial charge on any atom is 0.244 e. The second kappa shape index (κ2) is 5.87. The van der Waals surface area contributed by atoms with Gasteiger partial charge in [-0.05, 0) is 37.4 Å². The molecule has 1 fully saturated rings. The Balaban J connectivity index is 1.92. The van der Waals surface area contributed by atoms with Crippen LogP contribution in [0, 0.1) is 5.92 Å². The Morgan fingerprint density at radius 3 is 2.95 bits per heavy atom. The minimum Gasteiger partial charge on any atom is -0.492 e. The average Bonchev–Trinajstić information content (AvgIpc) is 3.05. The van der Waals surface area contributed by atoms with Gasteiger partial charge in [0.15, 0.2) is 0 Å². The first-order valence-electron chi connectivity index (χ1n) is 7.19. The minimum atomic E-state index is -3.60. The SMILES string of the molecule is NCC1CCCC1NS(=O)(=O)c1cc(Br)cc2c1OCC2. The number of benzene rings is 1. The van der Waals surface area contributed by atoms with Crippen LogP contribution in [0.3, 0.4) is 0 Å². The smallest absolute Gasteiger partial charge is 0.244 e. The van der Waals surface area contributed by atoms with Gasteiger partial charge in [-0.1, -0.05) is 22.4 Å². The van der Waals surface area contributed by atoms with E-state index in [0.29, 0.717) is 18.9 Å². The summed E-state index contributed by atoms with van der Waals surface area (Å²) in [6.07, 6.45) is 3.59. The highest BCUT2D eigenvalue weighted by atomic mass is 79.9. The number of nitrogens with two attached hydrogens (primary N) is 1. The number of hydrogen-bond acceptors (Lipinski definition) is 4. The fraction of sp³-hybridized carbons (Fsp3) is 0.571. The summed E-state index contributed by atoms with van der Waals surface area (Å²) in [6, 6.07) is 3.45. The summed E-state index contributed by atoms with van der Waals surface area (Å²) < 4.78 is 34.5. The number of ether oxygens (including phenoxy) is 1. The highest BCUT2D eigenvalue weighted by Gasteiger charge is 2.33. The number of rotatable bonds is 4. The van der Waals surface area contributed by atoms with Crippen LogP contribution in [0.1, 0.15) is 24.8 Å². The molecule has 1 heterocycles. The van der Waals surface area contributed by atoms with E-state index in [0.717, 1.165) is 35.7 Å². The number of hydrogen-bond donors (Lipinski definition) is 2. The van der Waals surface area contributed by atoms with E-state index in [9.17, 15) is 8.42 Å². The summed E-state index contributed by atoms with van der Waals surface area (Å²) >= 11 is 3.38. The fourth-order valence-electron chi connectivity index (χ4n) is 3.17. The molecule has 0 saturated heterocycles. The third-order valence-electron chi connectivity index (χ3n) is 4.27. The Kier molecular flexibility index (Phi) is 4.27. The molecule has 7 heteroatoms. The monoisotopic (exact) mass is 374 g/mol. The summed E-state index contributed by atoms with van der Waals surface area (Å²) in [6.45, 7) is 1.05. The van der Waals surface area contributed by atoms with Gasteiger partial charge in [-0.15, -0.1) is 0 Å². The van der Waals surface area contributed by atoms with Gasteiger partial charge >= 0.3 is 0 Å². The molecule has 0 aromatic heterocycles. The third-order valence-corrected chi connectivity index (χ3v) is 6.23. The Hall–Kier alpha value is -0.630. The quantitative estimate of drug-likeness (QED) is 0.841. The highest BCUT2D eigenvalue weighted by molar-refractivity contribution is 9.10. The van der Waals surface area contributed by atoms with Crippen LogP contribution in [-0.4, -0.2) is 27.6 Å². The van der Waals surface area contributed by atoms with Crippen molar-refractivity contribution < 1.29 is 13.2 Å². The molecule has 0 bridgehead atoms. The van der Waals surface area contributed by atoms with Gasteiger partial charge in [0.05, 0.1) is 6.61 Å². The average molecular weight is 375 g/mol. The summed E-state index contributed by atoms with van der Waals surface area (Å²) in [5, 5.41) is 0. The van der Waals surface area contributed by atoms with Crippen molar-refractivity contribution >= 4 is 26.0 Å². The van der Waals surface area contributed by atoms with Crippen LogP contribution in [0.5, 0.6) is 5.75 Å². The van der Waals surface area contributed by atoms with Crippen molar-refractivity contribution in [2.24, 2.45) is 11.7 Å². The predicted octanol–water partition coefficient (Wildman–Crippen LogP) is 1.79. The van der Waals surface area contributed by atoms with Crippen molar-refractivity contribution in [2.75, 3.05) is 13.2 Å². The van der Waals surface area contributed by atoms with Gasteiger partial charge < -0.3 is 10.5 Å². The molecule has 0 radical (unpaired) electrons. The van der Waals surface area contributed by atoms with Crippen LogP contribution in [0.15, 0.2) is 21.5 Å². The van der Waals surface area contributed by atoms with Crippen molar-refractivity contribution in [2.45, 2.75) is 36.6 Å². The lowest BCUT2D eigenvalue weighted by Crippen LogP contribution is -2.39. The molecule has 21 heavy (non-hydrogen) atoms. The second-order valence-electron chi connectivity index (χ2n) is 5.65. The van der Waals surface area contributed by atoms with Gasteiger partial charge in [0.2, 0.25) is 10.0 Å². The van der Waals surface area contributed by atoms with Crippen LogP contribution in [-0.2, 0) is 16.4 Å². The molecule has 1 saturated carbocycles. The predicted molar refractivity (Wildman–Crippen MR) is 83.8 cm³/mol. The maximum atomic E-state index is 12.7. The van der Waals surface area contributed by atoms with E-state index in [-0.39, 0.29) is 16.9 Å². The lowest BCUT2D eigenvalue weighted by Gasteiger charge is -2.20. The lowest BCUT2D eigenvalue weighted by molar-refractivity contribution is 0.348. The molecule has 2 unspecified atom stereocenters. The van der Waals surface area contributed by atoms with Gasteiger partial charge in [-0.25, -0.2) is 13.1 Å². The third kappa shape index (κ3) is 2.97. The maximum absolute atomic E-state index is 12.7. The Morgan fingerprint density at radius 2 is 2.19 bits per heavy atom. The molecule has 0 amide bonds. The lowest BCUT2D eigenvalue weighted by atomic mass is 10.1. The number of halogens is 1. The molecule has 1 aliphatic carbocycles. The molecule has 2 aliphatic rings. The van der Waals surface area contributed by atoms with Crippen molar-refractivity contribution in [3.05, 3.63) is 22.2 Å². The number of nitrogens with one attached hydrogen (secondary N) is 1. The van der Waals surface area contributed by atoms with Gasteiger partial charge in [-0.2, -0.15) is 0 Å². The van der Waals surface area contributed by atoms with Crippen molar-refractivity contribution in [3.8, 4) is 5.75 Å². The molecule has 2 atom stereocenters. The second-order valence-corrected chi connectivity index (χ2v) is 8.24. The normalized spacial score (nSPS) is 24.9. The zero-order valence-electron chi connectivity index (χ0n) is 11.6. The number of sulfonamides is 1. The molecule has 3 N–H and O–H groups in total. The van der Waals surface area contributed by atoms with Gasteiger partial charge in [0, 0.05) is 22.5 Å². The number of fused-ring (bicyclic) bond motifs is 1. The molecule has 5 nitrogen and oxygen atoms in total. The first-order chi connectivity index (χ1) is 10.0. The molecule has 116 valence electrons. The van der Waals surface area contributed by atoms with Gasteiger partial charge in [0.1, 0.15) is 10.6 Å². The molecular formula is C14H19BrN2O3S. The van der Waals surface area contributed by atoms with Gasteiger partial charge in [-0.3, -0.25) is 0 Å². The zero-order valence-corrected chi connectivity index (χ0v) is 14.0. The molecule has 3 rings (SSSR count). The van der Waals surface area contributed by atoms with E-state index in [1.54, 1.807) is 6.07 Å². The van der Waals surface area contributed by atoms with Crippen molar-refractivity contribution in [1.82, 2.24) is 4.72 Å². The van der Waals surface area contributed by atoms with E-state index in [1.165, 1.54) is 0 Å². The van der Waals surface area contributed by atoms with Crippen LogP contribution >= 0.6 is 15.9 Å². The topological polar surface area (TPSA) is 81.4 Å². The van der Waals surface area contributed by atoms with Crippen molar-refractivity contribution in [3.63, 3.8) is 0 Å². The summed E-state index contributed by atoms with van der Waals surface area (Å²) in [7, 11) is -3.60. The molecule has 1 aromatic rings. The fourth-order valence-corrected chi connectivity index (χ4v) is 5.38. The Bertz CT molecular complexity index is 648. The zero-order chi connectivity index (χ0) is 15.0. The van der Waals surface area contributed by atoms with E-state index in [2.05, 4.69) is 20.7 Å².